The van der Waals surface area contributed by atoms with Crippen molar-refractivity contribution in [3.8, 4) is 22.5 Å². The summed E-state index contributed by atoms with van der Waals surface area (Å²) in [5.41, 5.74) is 4.45. The van der Waals surface area contributed by atoms with Crippen molar-refractivity contribution in [3.05, 3.63) is 84.8 Å². The Morgan fingerprint density at radius 2 is 1.55 bits per heavy atom. The zero-order valence-corrected chi connectivity index (χ0v) is 11.8. The van der Waals surface area contributed by atoms with E-state index >= 15 is 0 Å². The molecular formula is C19H13FN2. The van der Waals surface area contributed by atoms with Crippen LogP contribution in [0.4, 0.5) is 4.39 Å². The Morgan fingerprint density at radius 1 is 0.773 bits per heavy atom. The maximum Gasteiger partial charge on any atom is 0.137 e. The second kappa shape index (κ2) is 5.11. The van der Waals surface area contributed by atoms with Crippen LogP contribution >= 0.6 is 0 Å². The van der Waals surface area contributed by atoms with Gasteiger partial charge in [-0.15, -0.1) is 0 Å². The van der Waals surface area contributed by atoms with Crippen molar-refractivity contribution in [2.45, 2.75) is 0 Å². The van der Waals surface area contributed by atoms with Crippen molar-refractivity contribution in [2.24, 2.45) is 0 Å². The van der Waals surface area contributed by atoms with Gasteiger partial charge in [-0.25, -0.2) is 9.37 Å². The molecule has 3 heteroatoms. The normalized spacial score (nSPS) is 11.0. The van der Waals surface area contributed by atoms with Gasteiger partial charge in [-0.2, -0.15) is 0 Å². The number of fused-ring (bicyclic) bond motifs is 1. The van der Waals surface area contributed by atoms with Gasteiger partial charge in [0.05, 0.1) is 11.4 Å². The summed E-state index contributed by atoms with van der Waals surface area (Å²) < 4.78 is 15.6. The number of imidazole rings is 1. The van der Waals surface area contributed by atoms with Crippen LogP contribution in [0, 0.1) is 5.82 Å². The summed E-state index contributed by atoms with van der Waals surface area (Å²) in [6, 6.07) is 22.5. The quantitative estimate of drug-likeness (QED) is 0.517. The zero-order chi connectivity index (χ0) is 14.9. The van der Waals surface area contributed by atoms with Crippen molar-refractivity contribution >= 4 is 5.65 Å². The van der Waals surface area contributed by atoms with Gasteiger partial charge in [-0.1, -0.05) is 48.5 Å². The molecule has 0 atom stereocenters. The second-order valence-electron chi connectivity index (χ2n) is 5.11. The topological polar surface area (TPSA) is 17.3 Å². The molecule has 2 aromatic heterocycles. The smallest absolute Gasteiger partial charge is 0.137 e. The average Bonchev–Trinajstić information content (AvgIpc) is 2.95. The lowest BCUT2D eigenvalue weighted by molar-refractivity contribution is 0.628. The lowest BCUT2D eigenvalue weighted by atomic mass is 10.0. The molecule has 2 heterocycles. The van der Waals surface area contributed by atoms with Gasteiger partial charge in [0, 0.05) is 17.3 Å². The highest BCUT2D eigenvalue weighted by atomic mass is 19.1. The summed E-state index contributed by atoms with van der Waals surface area (Å²) in [6.45, 7) is 0. The number of halogens is 1. The molecule has 0 aliphatic rings. The zero-order valence-electron chi connectivity index (χ0n) is 11.8. The van der Waals surface area contributed by atoms with Crippen molar-refractivity contribution in [2.75, 3.05) is 0 Å². The number of hydrogen-bond donors (Lipinski definition) is 0. The molecule has 0 N–H and O–H groups in total. The van der Waals surface area contributed by atoms with Crippen molar-refractivity contribution in [1.29, 1.82) is 0 Å². The summed E-state index contributed by atoms with van der Waals surface area (Å²) in [7, 11) is 0. The van der Waals surface area contributed by atoms with E-state index < -0.39 is 0 Å². The first kappa shape index (κ1) is 12.8. The fraction of sp³-hybridized carbons (Fsp3) is 0. The number of hydrogen-bond acceptors (Lipinski definition) is 1. The van der Waals surface area contributed by atoms with Gasteiger partial charge in [-0.3, -0.25) is 4.40 Å². The average molecular weight is 288 g/mol. The lowest BCUT2D eigenvalue weighted by Crippen LogP contribution is -1.89. The van der Waals surface area contributed by atoms with Gasteiger partial charge in [-0.05, 0) is 24.3 Å². The molecule has 4 rings (SSSR count). The number of aromatic nitrogens is 2. The van der Waals surface area contributed by atoms with E-state index in [0.717, 1.165) is 28.2 Å². The molecule has 0 unspecified atom stereocenters. The Balaban J connectivity index is 2.06. The summed E-state index contributed by atoms with van der Waals surface area (Å²) in [5.74, 6) is -0.256. The van der Waals surface area contributed by atoms with E-state index in [1.807, 2.05) is 65.2 Å². The van der Waals surface area contributed by atoms with Crippen LogP contribution in [0.1, 0.15) is 0 Å². The fourth-order valence-electron chi connectivity index (χ4n) is 2.70. The molecule has 0 spiro atoms. The van der Waals surface area contributed by atoms with Gasteiger partial charge in [0.2, 0.25) is 0 Å². The lowest BCUT2D eigenvalue weighted by Gasteiger charge is -2.05. The highest BCUT2D eigenvalue weighted by Crippen LogP contribution is 2.32. The van der Waals surface area contributed by atoms with E-state index in [9.17, 15) is 4.39 Å². The molecule has 0 saturated heterocycles. The van der Waals surface area contributed by atoms with Crippen LogP contribution in [0.3, 0.4) is 0 Å². The third kappa shape index (κ3) is 2.07. The van der Waals surface area contributed by atoms with Gasteiger partial charge in [0.25, 0.3) is 0 Å². The first-order valence-corrected chi connectivity index (χ1v) is 7.11. The van der Waals surface area contributed by atoms with E-state index in [1.54, 1.807) is 6.07 Å². The van der Waals surface area contributed by atoms with E-state index in [2.05, 4.69) is 0 Å². The summed E-state index contributed by atoms with van der Waals surface area (Å²) >= 11 is 0. The van der Waals surface area contributed by atoms with Gasteiger partial charge in [0.1, 0.15) is 11.5 Å². The Kier molecular flexibility index (Phi) is 2.97. The number of rotatable bonds is 2. The van der Waals surface area contributed by atoms with Crippen LogP contribution in [0.2, 0.25) is 0 Å². The second-order valence-corrected chi connectivity index (χ2v) is 5.11. The van der Waals surface area contributed by atoms with Crippen LogP contribution in [0.25, 0.3) is 28.2 Å². The summed E-state index contributed by atoms with van der Waals surface area (Å²) in [4.78, 5) is 4.70. The molecule has 2 nitrogen and oxygen atoms in total. The highest BCUT2D eigenvalue weighted by Gasteiger charge is 2.15. The van der Waals surface area contributed by atoms with Crippen LogP contribution in [-0.4, -0.2) is 9.38 Å². The van der Waals surface area contributed by atoms with E-state index in [-0.39, 0.29) is 5.82 Å². The van der Waals surface area contributed by atoms with Gasteiger partial charge < -0.3 is 0 Å². The van der Waals surface area contributed by atoms with Crippen molar-refractivity contribution < 1.29 is 4.39 Å². The minimum Gasteiger partial charge on any atom is -0.299 e. The Hall–Kier alpha value is -2.94. The predicted molar refractivity (Wildman–Crippen MR) is 86.0 cm³/mol. The molecule has 22 heavy (non-hydrogen) atoms. The van der Waals surface area contributed by atoms with Crippen molar-refractivity contribution in [3.63, 3.8) is 0 Å². The van der Waals surface area contributed by atoms with Gasteiger partial charge >= 0.3 is 0 Å². The van der Waals surface area contributed by atoms with Crippen LogP contribution in [-0.2, 0) is 0 Å². The standard InChI is InChI=1S/C19H13FN2/c20-16-10-6-9-15(13-16)18-19(14-7-2-1-3-8-14)22-12-5-4-11-17(22)21-18/h1-13H. The summed E-state index contributed by atoms with van der Waals surface area (Å²) in [5, 5.41) is 0. The van der Waals surface area contributed by atoms with Crippen LogP contribution in [0.15, 0.2) is 79.0 Å². The molecule has 0 radical (unpaired) electrons. The fourth-order valence-corrected chi connectivity index (χ4v) is 2.70. The molecule has 0 fully saturated rings. The van der Waals surface area contributed by atoms with E-state index in [0.29, 0.717) is 0 Å². The minimum atomic E-state index is -0.256. The maximum atomic E-state index is 13.6. The Labute approximate surface area is 127 Å². The Bertz CT molecular complexity index is 942. The van der Waals surface area contributed by atoms with Crippen LogP contribution < -0.4 is 0 Å². The summed E-state index contributed by atoms with van der Waals surface area (Å²) in [6.07, 6.45) is 1.98. The molecular weight excluding hydrogens is 275 g/mol. The van der Waals surface area contributed by atoms with E-state index in [4.69, 9.17) is 4.98 Å². The molecule has 0 saturated carbocycles. The van der Waals surface area contributed by atoms with E-state index in [1.165, 1.54) is 12.1 Å². The number of benzene rings is 2. The molecule has 0 bridgehead atoms. The third-order valence-electron chi connectivity index (χ3n) is 3.68. The molecule has 106 valence electrons. The number of nitrogens with zero attached hydrogens (tertiary/aromatic N) is 2. The molecule has 4 aromatic rings. The first-order valence-electron chi connectivity index (χ1n) is 7.11. The monoisotopic (exact) mass is 288 g/mol. The SMILES string of the molecule is Fc1cccc(-c2nc3ccccn3c2-c2ccccc2)c1. The third-order valence-corrected chi connectivity index (χ3v) is 3.68. The highest BCUT2D eigenvalue weighted by molar-refractivity contribution is 5.81. The molecule has 0 aliphatic carbocycles. The predicted octanol–water partition coefficient (Wildman–Crippen LogP) is 4.81. The van der Waals surface area contributed by atoms with Crippen LogP contribution in [0.5, 0.6) is 0 Å². The van der Waals surface area contributed by atoms with Crippen molar-refractivity contribution in [1.82, 2.24) is 9.38 Å². The van der Waals surface area contributed by atoms with Gasteiger partial charge in [0.15, 0.2) is 0 Å². The minimum absolute atomic E-state index is 0.256. The molecule has 0 amide bonds. The first-order chi connectivity index (χ1) is 10.8. The maximum absolute atomic E-state index is 13.6. The Morgan fingerprint density at radius 3 is 2.36 bits per heavy atom. The molecule has 0 aliphatic heterocycles. The largest absolute Gasteiger partial charge is 0.299 e. The molecule has 2 aromatic carbocycles. The number of pyridine rings is 1.